The molecule has 5 heteroatoms. The van der Waals surface area contributed by atoms with Gasteiger partial charge in [0.25, 0.3) is 5.91 Å². The van der Waals surface area contributed by atoms with E-state index in [1.54, 1.807) is 0 Å². The van der Waals surface area contributed by atoms with Gasteiger partial charge >= 0.3 is 0 Å². The minimum atomic E-state index is -0.536. The van der Waals surface area contributed by atoms with Crippen molar-refractivity contribution in [2.75, 3.05) is 5.73 Å². The maximum atomic E-state index is 13.0. The monoisotopic (exact) mass is 252 g/mol. The minimum absolute atomic E-state index is 0.0458. The van der Waals surface area contributed by atoms with Crippen LogP contribution < -0.4 is 11.1 Å². The van der Waals surface area contributed by atoms with Gasteiger partial charge in [0.1, 0.15) is 5.82 Å². The van der Waals surface area contributed by atoms with E-state index in [2.05, 4.69) is 5.32 Å². The number of amides is 1. The molecule has 0 aromatic heterocycles. The molecule has 4 nitrogen and oxygen atoms in total. The molecule has 0 bridgehead atoms. The zero-order chi connectivity index (χ0) is 13.5. The molecule has 1 aliphatic carbocycles. The summed E-state index contributed by atoms with van der Waals surface area (Å²) in [5, 5.41) is 12.4. The van der Waals surface area contributed by atoms with Crippen molar-refractivity contribution >= 4 is 11.6 Å². The molecule has 1 amide bonds. The number of benzene rings is 1. The van der Waals surface area contributed by atoms with Gasteiger partial charge in [-0.3, -0.25) is 4.79 Å². The minimum Gasteiger partial charge on any atom is -0.396 e. The summed E-state index contributed by atoms with van der Waals surface area (Å²) < 4.78 is 13.0. The summed E-state index contributed by atoms with van der Waals surface area (Å²) in [4.78, 5) is 11.9. The predicted octanol–water partition coefficient (Wildman–Crippen LogP) is 1.30. The molecule has 0 saturated heterocycles. The number of rotatable bonds is 2. The smallest absolute Gasteiger partial charge is 0.251 e. The van der Waals surface area contributed by atoms with Gasteiger partial charge in [-0.15, -0.1) is 0 Å². The molecule has 0 heterocycles. The highest BCUT2D eigenvalue weighted by Gasteiger charge is 2.47. The number of nitrogens with two attached hydrogens (primary N) is 1. The number of anilines is 1. The molecule has 18 heavy (non-hydrogen) atoms. The largest absolute Gasteiger partial charge is 0.396 e. The van der Waals surface area contributed by atoms with Crippen molar-refractivity contribution in [1.82, 2.24) is 5.32 Å². The number of halogens is 1. The Balaban J connectivity index is 2.07. The molecule has 1 aromatic rings. The maximum absolute atomic E-state index is 13.0. The molecule has 0 spiro atoms. The Bertz CT molecular complexity index is 488. The molecule has 1 fully saturated rings. The van der Waals surface area contributed by atoms with Gasteiger partial charge in [-0.25, -0.2) is 4.39 Å². The highest BCUT2D eigenvalue weighted by atomic mass is 19.1. The lowest BCUT2D eigenvalue weighted by molar-refractivity contribution is -0.0689. The molecule has 1 saturated carbocycles. The summed E-state index contributed by atoms with van der Waals surface area (Å²) in [6.45, 7) is 3.79. The van der Waals surface area contributed by atoms with Crippen molar-refractivity contribution in [2.45, 2.75) is 32.4 Å². The van der Waals surface area contributed by atoms with Crippen LogP contribution in [0.3, 0.4) is 0 Å². The van der Waals surface area contributed by atoms with Gasteiger partial charge in [0, 0.05) is 17.0 Å². The molecule has 98 valence electrons. The third-order valence-corrected chi connectivity index (χ3v) is 3.78. The van der Waals surface area contributed by atoms with E-state index in [9.17, 15) is 14.3 Å². The molecule has 2 rings (SSSR count). The lowest BCUT2D eigenvalue weighted by atomic mass is 9.64. The molecule has 2 atom stereocenters. The van der Waals surface area contributed by atoms with Gasteiger partial charge in [0.05, 0.1) is 11.8 Å². The molecule has 1 aromatic carbocycles. The van der Waals surface area contributed by atoms with Crippen LogP contribution in [0.4, 0.5) is 10.1 Å². The van der Waals surface area contributed by atoms with Gasteiger partial charge in [-0.05, 0) is 24.6 Å². The third-order valence-electron chi connectivity index (χ3n) is 3.78. The van der Waals surface area contributed by atoms with Gasteiger partial charge in [-0.2, -0.15) is 0 Å². The first kappa shape index (κ1) is 12.8. The van der Waals surface area contributed by atoms with Crippen molar-refractivity contribution < 1.29 is 14.3 Å². The van der Waals surface area contributed by atoms with E-state index in [-0.39, 0.29) is 23.1 Å². The number of aliphatic hydroxyl groups excluding tert-OH is 1. The Labute approximate surface area is 105 Å². The summed E-state index contributed by atoms with van der Waals surface area (Å²) in [5.74, 6) is -0.836. The number of nitrogen functional groups attached to an aromatic ring is 1. The highest BCUT2D eigenvalue weighted by molar-refractivity contribution is 5.95. The molecular weight excluding hydrogens is 235 g/mol. The molecule has 0 radical (unpaired) electrons. The number of hydrogen-bond donors (Lipinski definition) is 3. The van der Waals surface area contributed by atoms with Gasteiger partial charge < -0.3 is 16.2 Å². The highest BCUT2D eigenvalue weighted by Crippen LogP contribution is 2.40. The number of carbonyl (C=O) groups is 1. The number of carbonyl (C=O) groups excluding carboxylic acids is 1. The van der Waals surface area contributed by atoms with E-state index >= 15 is 0 Å². The van der Waals surface area contributed by atoms with E-state index in [1.807, 2.05) is 13.8 Å². The van der Waals surface area contributed by atoms with Crippen molar-refractivity contribution in [1.29, 1.82) is 0 Å². The molecule has 2 unspecified atom stereocenters. The van der Waals surface area contributed by atoms with E-state index in [0.717, 1.165) is 0 Å². The number of aliphatic hydroxyl groups is 1. The molecule has 1 aliphatic rings. The fourth-order valence-electron chi connectivity index (χ4n) is 2.07. The van der Waals surface area contributed by atoms with E-state index in [1.165, 1.54) is 18.2 Å². The van der Waals surface area contributed by atoms with E-state index in [0.29, 0.717) is 12.0 Å². The van der Waals surface area contributed by atoms with Gasteiger partial charge in [0.2, 0.25) is 0 Å². The quantitative estimate of drug-likeness (QED) is 0.694. The Morgan fingerprint density at radius 2 is 2.22 bits per heavy atom. The van der Waals surface area contributed by atoms with Crippen LogP contribution in [0, 0.1) is 11.2 Å². The Morgan fingerprint density at radius 1 is 1.56 bits per heavy atom. The lowest BCUT2D eigenvalue weighted by Crippen LogP contribution is -2.61. The zero-order valence-corrected chi connectivity index (χ0v) is 10.4. The second-order valence-corrected chi connectivity index (χ2v) is 5.34. The fourth-order valence-corrected chi connectivity index (χ4v) is 2.07. The summed E-state index contributed by atoms with van der Waals surface area (Å²) in [6.07, 6.45) is 0.135. The van der Waals surface area contributed by atoms with Crippen molar-refractivity contribution in [3.63, 3.8) is 0 Å². The Kier molecular flexibility index (Phi) is 3.02. The Morgan fingerprint density at radius 3 is 2.72 bits per heavy atom. The second-order valence-electron chi connectivity index (χ2n) is 5.34. The average Bonchev–Trinajstić information content (AvgIpc) is 2.32. The van der Waals surface area contributed by atoms with Crippen LogP contribution in [0.1, 0.15) is 30.6 Å². The van der Waals surface area contributed by atoms with Crippen molar-refractivity contribution in [2.24, 2.45) is 5.41 Å². The SMILES string of the molecule is CC1(C)C(O)CC1NC(=O)c1ccc(F)c(N)c1. The zero-order valence-electron chi connectivity index (χ0n) is 10.4. The average molecular weight is 252 g/mol. The standard InChI is InChI=1S/C13H17FN2O2/c1-13(2)10(6-11(13)17)16-12(18)7-3-4-8(14)9(15)5-7/h3-5,10-11,17H,6,15H2,1-2H3,(H,16,18). The summed E-state index contributed by atoms with van der Waals surface area (Å²) in [7, 11) is 0. The van der Waals surface area contributed by atoms with Crippen LogP contribution in [0.5, 0.6) is 0 Å². The lowest BCUT2D eigenvalue weighted by Gasteiger charge is -2.49. The van der Waals surface area contributed by atoms with E-state index < -0.39 is 11.9 Å². The predicted molar refractivity (Wildman–Crippen MR) is 66.5 cm³/mol. The summed E-state index contributed by atoms with van der Waals surface area (Å²) >= 11 is 0. The van der Waals surface area contributed by atoms with Crippen LogP contribution in [-0.4, -0.2) is 23.2 Å². The number of nitrogens with one attached hydrogen (secondary N) is 1. The van der Waals surface area contributed by atoms with Gasteiger partial charge in [0.15, 0.2) is 0 Å². The van der Waals surface area contributed by atoms with Crippen LogP contribution in [0.25, 0.3) is 0 Å². The van der Waals surface area contributed by atoms with Crippen molar-refractivity contribution in [3.05, 3.63) is 29.6 Å². The topological polar surface area (TPSA) is 75.3 Å². The number of hydrogen-bond acceptors (Lipinski definition) is 3. The second kappa shape index (κ2) is 4.24. The van der Waals surface area contributed by atoms with Crippen LogP contribution in [0.2, 0.25) is 0 Å². The van der Waals surface area contributed by atoms with Crippen molar-refractivity contribution in [3.8, 4) is 0 Å². The molecule has 0 aliphatic heterocycles. The molecule has 4 N–H and O–H groups in total. The first-order valence-corrected chi connectivity index (χ1v) is 5.86. The first-order chi connectivity index (χ1) is 8.32. The van der Waals surface area contributed by atoms with Crippen LogP contribution in [-0.2, 0) is 0 Å². The normalized spacial score (nSPS) is 25.3. The first-order valence-electron chi connectivity index (χ1n) is 5.86. The maximum Gasteiger partial charge on any atom is 0.251 e. The van der Waals surface area contributed by atoms with Crippen LogP contribution >= 0.6 is 0 Å². The van der Waals surface area contributed by atoms with Crippen LogP contribution in [0.15, 0.2) is 18.2 Å². The summed E-state index contributed by atoms with van der Waals surface area (Å²) in [6, 6.07) is 3.80. The summed E-state index contributed by atoms with van der Waals surface area (Å²) in [5.41, 5.74) is 5.36. The molecular formula is C13H17FN2O2. The van der Waals surface area contributed by atoms with E-state index in [4.69, 9.17) is 5.73 Å². The third kappa shape index (κ3) is 2.06. The van der Waals surface area contributed by atoms with Gasteiger partial charge in [-0.1, -0.05) is 13.8 Å². The Hall–Kier alpha value is -1.62. The fraction of sp³-hybridized carbons (Fsp3) is 0.462.